The highest BCUT2D eigenvalue weighted by Crippen LogP contribution is 2.26. The van der Waals surface area contributed by atoms with Crippen LogP contribution in [0.3, 0.4) is 0 Å². The number of ether oxygens (including phenoxy) is 4. The molecule has 1 aromatic rings. The molecule has 23 heavy (non-hydrogen) atoms. The van der Waals surface area contributed by atoms with Crippen molar-refractivity contribution < 1.29 is 23.7 Å². The molecule has 1 heterocycles. The molecule has 0 bridgehead atoms. The highest BCUT2D eigenvalue weighted by atomic mass is 16.5. The molecule has 1 atom stereocenters. The Bertz CT molecular complexity index is 670. The summed E-state index contributed by atoms with van der Waals surface area (Å²) in [5.41, 5.74) is 1.16. The van der Waals surface area contributed by atoms with E-state index in [0.717, 1.165) is 5.56 Å². The zero-order chi connectivity index (χ0) is 16.8. The van der Waals surface area contributed by atoms with Gasteiger partial charge in [0.1, 0.15) is 23.4 Å². The fourth-order valence-corrected chi connectivity index (χ4v) is 2.14. The van der Waals surface area contributed by atoms with E-state index < -0.39 is 0 Å². The van der Waals surface area contributed by atoms with Gasteiger partial charge in [0.2, 0.25) is 0 Å². The van der Waals surface area contributed by atoms with Crippen LogP contribution in [0.1, 0.15) is 12.5 Å². The summed E-state index contributed by atoms with van der Waals surface area (Å²) < 4.78 is 21.1. The molecule has 0 aromatic heterocycles. The quantitative estimate of drug-likeness (QED) is 0.755. The van der Waals surface area contributed by atoms with Crippen LogP contribution in [-0.4, -0.2) is 33.2 Å². The smallest absolute Gasteiger partial charge is 0.192 e. The summed E-state index contributed by atoms with van der Waals surface area (Å²) in [6, 6.07) is 5.38. The van der Waals surface area contributed by atoms with Gasteiger partial charge in [-0.3, -0.25) is 4.79 Å². The molecular formula is C18H20O5. The van der Waals surface area contributed by atoms with Crippen LogP contribution in [0.4, 0.5) is 0 Å². The van der Waals surface area contributed by atoms with Crippen molar-refractivity contribution in [3.63, 3.8) is 0 Å². The van der Waals surface area contributed by atoms with Gasteiger partial charge in [0, 0.05) is 11.6 Å². The maximum atomic E-state index is 12.3. The number of methoxy groups -OCH3 is 3. The third-order valence-corrected chi connectivity index (χ3v) is 3.39. The zero-order valence-corrected chi connectivity index (χ0v) is 13.7. The maximum Gasteiger partial charge on any atom is 0.192 e. The van der Waals surface area contributed by atoms with E-state index in [9.17, 15) is 4.79 Å². The second-order valence-electron chi connectivity index (χ2n) is 4.91. The second kappa shape index (κ2) is 7.54. The van der Waals surface area contributed by atoms with Crippen LogP contribution >= 0.6 is 0 Å². The van der Waals surface area contributed by atoms with Crippen molar-refractivity contribution in [2.24, 2.45) is 0 Å². The normalized spacial score (nSPS) is 17.1. The van der Waals surface area contributed by atoms with E-state index in [4.69, 9.17) is 18.9 Å². The van der Waals surface area contributed by atoms with E-state index in [2.05, 4.69) is 0 Å². The molecule has 0 saturated carbocycles. The van der Waals surface area contributed by atoms with Gasteiger partial charge in [0.15, 0.2) is 5.78 Å². The lowest BCUT2D eigenvalue weighted by Crippen LogP contribution is -2.14. The third kappa shape index (κ3) is 3.94. The van der Waals surface area contributed by atoms with Crippen molar-refractivity contribution in [2.45, 2.75) is 13.0 Å². The molecule has 0 fully saturated rings. The van der Waals surface area contributed by atoms with E-state index in [1.54, 1.807) is 38.5 Å². The summed E-state index contributed by atoms with van der Waals surface area (Å²) in [5.74, 6) is 1.62. The molecule has 0 saturated heterocycles. The van der Waals surface area contributed by atoms with Crippen molar-refractivity contribution >= 4 is 11.9 Å². The Balaban J connectivity index is 2.20. The van der Waals surface area contributed by atoms with E-state index in [1.165, 1.54) is 19.4 Å². The van der Waals surface area contributed by atoms with Gasteiger partial charge in [0.25, 0.3) is 0 Å². The number of hydrogen-bond donors (Lipinski definition) is 0. The van der Waals surface area contributed by atoms with E-state index in [0.29, 0.717) is 22.8 Å². The predicted molar refractivity (Wildman–Crippen MR) is 87.3 cm³/mol. The van der Waals surface area contributed by atoms with Crippen LogP contribution in [-0.2, 0) is 14.3 Å². The fraction of sp³-hybridized carbons (Fsp3) is 0.278. The standard InChI is InChI=1S/C18H20O5/c1-12-9-18(22-4)15(11-23-12)16(19)8-6-13-5-7-14(20-2)10-17(13)21-3/h5-12H,1-4H3. The highest BCUT2D eigenvalue weighted by Gasteiger charge is 2.19. The van der Waals surface area contributed by atoms with Crippen molar-refractivity contribution in [1.29, 1.82) is 0 Å². The van der Waals surface area contributed by atoms with Gasteiger partial charge in [-0.25, -0.2) is 0 Å². The van der Waals surface area contributed by atoms with Gasteiger partial charge in [0.05, 0.1) is 33.2 Å². The van der Waals surface area contributed by atoms with E-state index >= 15 is 0 Å². The first-order valence-electron chi connectivity index (χ1n) is 7.15. The molecule has 2 rings (SSSR count). The number of ketones is 1. The minimum atomic E-state index is -0.206. The molecule has 0 spiro atoms. The molecule has 0 N–H and O–H groups in total. The van der Waals surface area contributed by atoms with Gasteiger partial charge >= 0.3 is 0 Å². The second-order valence-corrected chi connectivity index (χ2v) is 4.91. The molecule has 0 aliphatic carbocycles. The highest BCUT2D eigenvalue weighted by molar-refractivity contribution is 6.09. The fourth-order valence-electron chi connectivity index (χ4n) is 2.14. The minimum Gasteiger partial charge on any atom is -0.497 e. The summed E-state index contributed by atoms with van der Waals surface area (Å²) in [5, 5.41) is 0. The summed E-state index contributed by atoms with van der Waals surface area (Å²) in [7, 11) is 4.68. The van der Waals surface area contributed by atoms with Crippen molar-refractivity contribution in [2.75, 3.05) is 21.3 Å². The Hall–Kier alpha value is -2.69. The number of benzene rings is 1. The van der Waals surface area contributed by atoms with Crippen LogP contribution < -0.4 is 9.47 Å². The minimum absolute atomic E-state index is 0.118. The number of hydrogen-bond acceptors (Lipinski definition) is 5. The van der Waals surface area contributed by atoms with E-state index in [1.807, 2.05) is 13.0 Å². The Morgan fingerprint density at radius 3 is 2.61 bits per heavy atom. The summed E-state index contributed by atoms with van der Waals surface area (Å²) in [6.45, 7) is 1.87. The number of carbonyl (C=O) groups excluding carboxylic acids is 1. The van der Waals surface area contributed by atoms with Gasteiger partial charge in [-0.1, -0.05) is 0 Å². The largest absolute Gasteiger partial charge is 0.497 e. The van der Waals surface area contributed by atoms with Crippen molar-refractivity contribution in [3.8, 4) is 11.5 Å². The Labute approximate surface area is 135 Å². The summed E-state index contributed by atoms with van der Waals surface area (Å²) >= 11 is 0. The molecular weight excluding hydrogens is 296 g/mol. The lowest BCUT2D eigenvalue weighted by Gasteiger charge is -2.17. The van der Waals surface area contributed by atoms with Crippen LogP contribution in [0, 0.1) is 0 Å². The van der Waals surface area contributed by atoms with Gasteiger partial charge in [-0.15, -0.1) is 0 Å². The molecule has 0 radical (unpaired) electrons. The number of carbonyl (C=O) groups is 1. The molecule has 1 unspecified atom stereocenters. The van der Waals surface area contributed by atoms with Crippen LogP contribution in [0.15, 0.2) is 47.9 Å². The van der Waals surface area contributed by atoms with E-state index in [-0.39, 0.29) is 11.9 Å². The average molecular weight is 316 g/mol. The first-order valence-corrected chi connectivity index (χ1v) is 7.15. The van der Waals surface area contributed by atoms with Crippen LogP contribution in [0.25, 0.3) is 6.08 Å². The summed E-state index contributed by atoms with van der Waals surface area (Å²) in [6.07, 6.45) is 6.22. The Morgan fingerprint density at radius 2 is 1.96 bits per heavy atom. The average Bonchev–Trinajstić information content (AvgIpc) is 2.59. The lowest BCUT2D eigenvalue weighted by atomic mass is 10.1. The molecule has 0 amide bonds. The first kappa shape index (κ1) is 16.7. The van der Waals surface area contributed by atoms with Crippen LogP contribution in [0.5, 0.6) is 11.5 Å². The molecule has 1 aliphatic heterocycles. The van der Waals surface area contributed by atoms with Gasteiger partial charge < -0.3 is 18.9 Å². The van der Waals surface area contributed by atoms with Crippen molar-refractivity contribution in [3.05, 3.63) is 53.5 Å². The van der Waals surface area contributed by atoms with Gasteiger partial charge in [-0.2, -0.15) is 0 Å². The molecule has 5 heteroatoms. The first-order chi connectivity index (χ1) is 11.1. The zero-order valence-electron chi connectivity index (χ0n) is 13.7. The number of rotatable bonds is 6. The topological polar surface area (TPSA) is 54.0 Å². The van der Waals surface area contributed by atoms with Gasteiger partial charge in [-0.05, 0) is 37.3 Å². The Morgan fingerprint density at radius 1 is 1.17 bits per heavy atom. The third-order valence-electron chi connectivity index (χ3n) is 3.39. The lowest BCUT2D eigenvalue weighted by molar-refractivity contribution is -0.111. The maximum absolute atomic E-state index is 12.3. The predicted octanol–water partition coefficient (Wildman–Crippen LogP) is 3.12. The van der Waals surface area contributed by atoms with Crippen LogP contribution in [0.2, 0.25) is 0 Å². The Kier molecular flexibility index (Phi) is 5.46. The molecule has 1 aromatic carbocycles. The monoisotopic (exact) mass is 316 g/mol. The van der Waals surface area contributed by atoms with Crippen molar-refractivity contribution in [1.82, 2.24) is 0 Å². The molecule has 5 nitrogen and oxygen atoms in total. The summed E-state index contributed by atoms with van der Waals surface area (Å²) in [4.78, 5) is 12.3. The molecule has 122 valence electrons. The number of allylic oxidation sites excluding steroid dienone is 2. The molecule has 1 aliphatic rings. The SMILES string of the molecule is COC1=CC(C)OC=C1C(=O)C=Cc1ccc(OC)cc1OC.